The van der Waals surface area contributed by atoms with Crippen molar-refractivity contribution in [3.05, 3.63) is 71.0 Å². The fourth-order valence-electron chi connectivity index (χ4n) is 4.38. The van der Waals surface area contributed by atoms with Gasteiger partial charge in [-0.15, -0.1) is 0 Å². The van der Waals surface area contributed by atoms with E-state index in [9.17, 15) is 9.59 Å². The Labute approximate surface area is 212 Å². The number of likely N-dealkylation sites (tertiary alicyclic amines) is 1. The van der Waals surface area contributed by atoms with E-state index in [4.69, 9.17) is 4.52 Å². The lowest BCUT2D eigenvalue weighted by Crippen LogP contribution is -2.34. The zero-order valence-electron chi connectivity index (χ0n) is 21.4. The molecule has 0 radical (unpaired) electrons. The molecule has 2 amide bonds. The van der Waals surface area contributed by atoms with Crippen LogP contribution < -0.4 is 5.32 Å². The van der Waals surface area contributed by atoms with Crippen LogP contribution in [0.5, 0.6) is 0 Å². The molecule has 190 valence electrons. The maximum atomic E-state index is 12.6. The Morgan fingerprint density at radius 3 is 2.42 bits per heavy atom. The second-order valence-corrected chi connectivity index (χ2v) is 9.57. The van der Waals surface area contributed by atoms with E-state index >= 15 is 0 Å². The highest BCUT2D eigenvalue weighted by atomic mass is 16.5. The highest BCUT2D eigenvalue weighted by molar-refractivity contribution is 5.94. The summed E-state index contributed by atoms with van der Waals surface area (Å²) in [6.45, 7) is 7.68. The largest absolute Gasteiger partial charge is 0.352 e. The predicted octanol–water partition coefficient (Wildman–Crippen LogP) is 3.96. The Bertz CT molecular complexity index is 1150. The van der Waals surface area contributed by atoms with Gasteiger partial charge in [0.1, 0.15) is 0 Å². The first-order chi connectivity index (χ1) is 17.4. The van der Waals surface area contributed by atoms with Crippen LogP contribution in [0.1, 0.15) is 58.3 Å². The van der Waals surface area contributed by atoms with Gasteiger partial charge in [0.25, 0.3) is 17.7 Å². The van der Waals surface area contributed by atoms with E-state index in [2.05, 4.69) is 27.3 Å². The molecular weight excluding hydrogens is 454 g/mol. The summed E-state index contributed by atoms with van der Waals surface area (Å²) in [6, 6.07) is 15.2. The molecule has 2 heterocycles. The number of amides is 2. The number of aryl methyl sites for hydroxylation is 1. The van der Waals surface area contributed by atoms with E-state index in [-0.39, 0.29) is 11.8 Å². The van der Waals surface area contributed by atoms with Gasteiger partial charge in [0, 0.05) is 49.3 Å². The second-order valence-electron chi connectivity index (χ2n) is 9.57. The van der Waals surface area contributed by atoms with Gasteiger partial charge in [0.2, 0.25) is 0 Å². The Kier molecular flexibility index (Phi) is 8.48. The van der Waals surface area contributed by atoms with Crippen LogP contribution in [-0.2, 0) is 6.42 Å². The van der Waals surface area contributed by atoms with Crippen LogP contribution in [0.15, 0.2) is 53.1 Å². The molecule has 0 spiro atoms. The molecule has 3 aromatic rings. The van der Waals surface area contributed by atoms with Crippen LogP contribution in [0.3, 0.4) is 0 Å². The third kappa shape index (κ3) is 6.57. The summed E-state index contributed by atoms with van der Waals surface area (Å²) >= 11 is 0. The molecule has 1 aliphatic rings. The number of likely N-dealkylation sites (N-methyl/N-ethyl adjacent to an activating group) is 1. The first kappa shape index (κ1) is 25.6. The van der Waals surface area contributed by atoms with E-state index in [1.807, 2.05) is 43.3 Å². The summed E-state index contributed by atoms with van der Waals surface area (Å²) in [5.74, 6) is 0.798. The normalized spacial score (nSPS) is 14.5. The molecule has 2 aromatic carbocycles. The van der Waals surface area contributed by atoms with Crippen molar-refractivity contribution in [1.29, 1.82) is 0 Å². The van der Waals surface area contributed by atoms with Gasteiger partial charge >= 0.3 is 0 Å². The monoisotopic (exact) mass is 489 g/mol. The van der Waals surface area contributed by atoms with E-state index in [1.54, 1.807) is 24.1 Å². The first-order valence-electron chi connectivity index (χ1n) is 12.7. The second kappa shape index (κ2) is 11.9. The summed E-state index contributed by atoms with van der Waals surface area (Å²) in [5, 5.41) is 7.07. The molecule has 0 saturated carbocycles. The van der Waals surface area contributed by atoms with Crippen molar-refractivity contribution in [3.8, 4) is 11.5 Å². The zero-order valence-corrected chi connectivity index (χ0v) is 21.4. The molecule has 1 aliphatic heterocycles. The Balaban J connectivity index is 1.25. The smallest absolute Gasteiger partial charge is 0.257 e. The van der Waals surface area contributed by atoms with Crippen molar-refractivity contribution < 1.29 is 14.1 Å². The quantitative estimate of drug-likeness (QED) is 0.463. The minimum Gasteiger partial charge on any atom is -0.352 e. The number of aromatic nitrogens is 2. The van der Waals surface area contributed by atoms with E-state index in [1.165, 1.54) is 12.8 Å². The highest BCUT2D eigenvalue weighted by Gasteiger charge is 2.18. The Hall–Kier alpha value is -3.52. The lowest BCUT2D eigenvalue weighted by molar-refractivity contribution is 0.0795. The molecule has 8 nitrogen and oxygen atoms in total. The Morgan fingerprint density at radius 2 is 1.72 bits per heavy atom. The maximum Gasteiger partial charge on any atom is 0.257 e. The highest BCUT2D eigenvalue weighted by Crippen LogP contribution is 2.18. The number of hydrogen-bond donors (Lipinski definition) is 1. The molecule has 36 heavy (non-hydrogen) atoms. The SMILES string of the molecule is Cc1ccc(C(=O)N(C)CCc2noc(-c3ccc(C(=O)NCCC(C)N4CCCC4)cc3)n2)cc1. The summed E-state index contributed by atoms with van der Waals surface area (Å²) in [6.07, 6.45) is 3.97. The van der Waals surface area contributed by atoms with Gasteiger partial charge < -0.3 is 19.6 Å². The van der Waals surface area contributed by atoms with Gasteiger partial charge in [-0.1, -0.05) is 22.9 Å². The van der Waals surface area contributed by atoms with Gasteiger partial charge in [0.15, 0.2) is 5.82 Å². The molecule has 1 fully saturated rings. The molecule has 4 rings (SSSR count). The molecule has 1 saturated heterocycles. The van der Waals surface area contributed by atoms with Crippen LogP contribution >= 0.6 is 0 Å². The molecule has 1 aromatic heterocycles. The van der Waals surface area contributed by atoms with Crippen LogP contribution in [0.2, 0.25) is 0 Å². The fraction of sp³-hybridized carbons (Fsp3) is 0.429. The number of carbonyl (C=O) groups excluding carboxylic acids is 2. The summed E-state index contributed by atoms with van der Waals surface area (Å²) in [7, 11) is 1.76. The van der Waals surface area contributed by atoms with E-state index < -0.39 is 0 Å². The zero-order chi connectivity index (χ0) is 25.5. The van der Waals surface area contributed by atoms with Crippen molar-refractivity contribution >= 4 is 11.8 Å². The third-order valence-electron chi connectivity index (χ3n) is 6.79. The minimum absolute atomic E-state index is 0.0434. The Morgan fingerprint density at radius 1 is 1.06 bits per heavy atom. The third-order valence-corrected chi connectivity index (χ3v) is 6.79. The van der Waals surface area contributed by atoms with Gasteiger partial charge in [0.05, 0.1) is 0 Å². The van der Waals surface area contributed by atoms with Crippen molar-refractivity contribution in [1.82, 2.24) is 25.3 Å². The van der Waals surface area contributed by atoms with Gasteiger partial charge in [-0.05, 0) is 82.6 Å². The van der Waals surface area contributed by atoms with Crippen LogP contribution in [0, 0.1) is 6.92 Å². The number of benzene rings is 2. The molecule has 0 bridgehead atoms. The van der Waals surface area contributed by atoms with E-state index in [0.717, 1.165) is 30.6 Å². The van der Waals surface area contributed by atoms with E-state index in [0.29, 0.717) is 48.4 Å². The van der Waals surface area contributed by atoms with Crippen molar-refractivity contribution in [3.63, 3.8) is 0 Å². The van der Waals surface area contributed by atoms with Crippen LogP contribution in [-0.4, -0.2) is 71.0 Å². The van der Waals surface area contributed by atoms with Gasteiger partial charge in [-0.3, -0.25) is 9.59 Å². The number of nitrogens with one attached hydrogen (secondary N) is 1. The number of nitrogens with zero attached hydrogens (tertiary/aromatic N) is 4. The van der Waals surface area contributed by atoms with Gasteiger partial charge in [-0.25, -0.2) is 0 Å². The number of carbonyl (C=O) groups is 2. The lowest BCUT2D eigenvalue weighted by Gasteiger charge is -2.23. The average Bonchev–Trinajstić information content (AvgIpc) is 3.60. The molecule has 1 N–H and O–H groups in total. The minimum atomic E-state index is -0.0809. The fourth-order valence-corrected chi connectivity index (χ4v) is 4.38. The predicted molar refractivity (Wildman–Crippen MR) is 139 cm³/mol. The maximum absolute atomic E-state index is 12.6. The van der Waals surface area contributed by atoms with Crippen molar-refractivity contribution in [2.75, 3.05) is 33.2 Å². The standard InChI is InChI=1S/C28H35N5O3/c1-20-6-8-24(9-7-20)28(35)32(3)19-15-25-30-27(36-31-25)23-12-10-22(11-13-23)26(34)29-16-14-21(2)33-17-4-5-18-33/h6-13,21H,4-5,14-19H2,1-3H3,(H,29,34). The van der Waals surface area contributed by atoms with Crippen molar-refractivity contribution in [2.45, 2.75) is 45.6 Å². The summed E-state index contributed by atoms with van der Waals surface area (Å²) < 4.78 is 5.41. The molecular formula is C28H35N5O3. The lowest BCUT2D eigenvalue weighted by atomic mass is 10.1. The average molecular weight is 490 g/mol. The van der Waals surface area contributed by atoms with Gasteiger partial charge in [-0.2, -0.15) is 4.98 Å². The summed E-state index contributed by atoms with van der Waals surface area (Å²) in [4.78, 5) is 33.7. The van der Waals surface area contributed by atoms with Crippen molar-refractivity contribution in [2.24, 2.45) is 0 Å². The number of hydrogen-bond acceptors (Lipinski definition) is 6. The molecule has 1 atom stereocenters. The molecule has 0 aliphatic carbocycles. The number of rotatable bonds is 10. The molecule has 1 unspecified atom stereocenters. The summed E-state index contributed by atoms with van der Waals surface area (Å²) in [5.41, 5.74) is 3.12. The van der Waals surface area contributed by atoms with Crippen LogP contribution in [0.25, 0.3) is 11.5 Å². The topological polar surface area (TPSA) is 91.6 Å². The first-order valence-corrected chi connectivity index (χ1v) is 12.7. The van der Waals surface area contributed by atoms with Crippen LogP contribution in [0.4, 0.5) is 0 Å². The molecule has 8 heteroatoms.